The van der Waals surface area contributed by atoms with Gasteiger partial charge in [0.15, 0.2) is 0 Å². The van der Waals surface area contributed by atoms with E-state index in [9.17, 15) is 0 Å². The molecular formula is C14H17BrN2OS. The number of hydrogen-bond donors (Lipinski definition) is 1. The van der Waals surface area contributed by atoms with Crippen LogP contribution in [0.4, 0.5) is 0 Å². The highest BCUT2D eigenvalue weighted by atomic mass is 79.9. The number of rotatable bonds is 5. The highest BCUT2D eigenvalue weighted by Crippen LogP contribution is 2.28. The summed E-state index contributed by atoms with van der Waals surface area (Å²) >= 11 is 5.19. The molecule has 3 nitrogen and oxygen atoms in total. The fourth-order valence-corrected chi connectivity index (χ4v) is 3.01. The van der Waals surface area contributed by atoms with Gasteiger partial charge in [-0.05, 0) is 47.5 Å². The van der Waals surface area contributed by atoms with Crippen molar-refractivity contribution in [1.82, 2.24) is 4.98 Å². The first-order valence-electron chi connectivity index (χ1n) is 6.14. The maximum absolute atomic E-state index is 5.85. The van der Waals surface area contributed by atoms with Crippen LogP contribution in [0.3, 0.4) is 0 Å². The van der Waals surface area contributed by atoms with E-state index in [1.165, 1.54) is 4.88 Å². The summed E-state index contributed by atoms with van der Waals surface area (Å²) in [4.78, 5) is 5.51. The van der Waals surface area contributed by atoms with Gasteiger partial charge in [0.05, 0.1) is 22.3 Å². The second-order valence-corrected chi connectivity index (χ2v) is 6.23. The summed E-state index contributed by atoms with van der Waals surface area (Å²) in [6.45, 7) is 4.65. The van der Waals surface area contributed by atoms with Crippen molar-refractivity contribution in [2.24, 2.45) is 5.73 Å². The Bertz CT molecular complexity index is 554. The molecule has 0 saturated heterocycles. The van der Waals surface area contributed by atoms with Crippen molar-refractivity contribution >= 4 is 27.3 Å². The molecule has 0 amide bonds. The second-order valence-electron chi connectivity index (χ2n) is 4.44. The number of hydrogen-bond acceptors (Lipinski definition) is 4. The summed E-state index contributed by atoms with van der Waals surface area (Å²) in [5, 5.41) is 0. The van der Waals surface area contributed by atoms with Crippen LogP contribution in [0.5, 0.6) is 5.75 Å². The van der Waals surface area contributed by atoms with Gasteiger partial charge in [0, 0.05) is 17.3 Å². The molecule has 2 rings (SSSR count). The highest BCUT2D eigenvalue weighted by Gasteiger charge is 2.06. The van der Waals surface area contributed by atoms with Gasteiger partial charge in [-0.2, -0.15) is 0 Å². The molecule has 0 aliphatic carbocycles. The molecule has 1 aromatic carbocycles. The van der Waals surface area contributed by atoms with E-state index >= 15 is 0 Å². The molecule has 5 heteroatoms. The van der Waals surface area contributed by atoms with Crippen LogP contribution in [0.2, 0.25) is 0 Å². The first kappa shape index (κ1) is 14.5. The molecule has 1 aromatic heterocycles. The van der Waals surface area contributed by atoms with Crippen LogP contribution in [0.15, 0.2) is 28.2 Å². The molecule has 0 radical (unpaired) electrons. The largest absolute Gasteiger partial charge is 0.492 e. The Hall–Kier alpha value is -0.910. The topological polar surface area (TPSA) is 48.1 Å². The molecule has 2 N–H and O–H groups in total. The number of nitrogens with zero attached hydrogens (tertiary/aromatic N) is 1. The lowest BCUT2D eigenvalue weighted by atomic mass is 10.1. The number of thiazole rings is 1. The van der Waals surface area contributed by atoms with Crippen LogP contribution in [-0.2, 0) is 6.42 Å². The molecule has 2 aromatic rings. The van der Waals surface area contributed by atoms with Gasteiger partial charge < -0.3 is 10.5 Å². The lowest BCUT2D eigenvalue weighted by Gasteiger charge is -2.11. The summed E-state index contributed by atoms with van der Waals surface area (Å²) in [6.07, 6.45) is 0.887. The summed E-state index contributed by atoms with van der Waals surface area (Å²) in [6, 6.07) is 6.01. The molecule has 102 valence electrons. The van der Waals surface area contributed by atoms with E-state index in [-0.39, 0.29) is 6.04 Å². The smallest absolute Gasteiger partial charge is 0.133 e. The summed E-state index contributed by atoms with van der Waals surface area (Å²) in [5.41, 5.74) is 9.91. The average Bonchev–Trinajstić information content (AvgIpc) is 2.77. The van der Waals surface area contributed by atoms with Crippen molar-refractivity contribution in [3.05, 3.63) is 44.3 Å². The molecule has 0 aliphatic heterocycles. The Morgan fingerprint density at radius 2 is 2.26 bits per heavy atom. The van der Waals surface area contributed by atoms with E-state index in [1.807, 2.05) is 37.6 Å². The molecule has 1 atom stereocenters. The minimum absolute atomic E-state index is 0.0326. The van der Waals surface area contributed by atoms with Gasteiger partial charge in [-0.25, -0.2) is 4.98 Å². The third-order valence-corrected chi connectivity index (χ3v) is 4.53. The van der Waals surface area contributed by atoms with Crippen LogP contribution in [-0.4, -0.2) is 11.6 Å². The average molecular weight is 341 g/mol. The Labute approximate surface area is 125 Å². The quantitative estimate of drug-likeness (QED) is 0.898. The zero-order valence-corrected chi connectivity index (χ0v) is 13.4. The van der Waals surface area contributed by atoms with Gasteiger partial charge in [0.25, 0.3) is 0 Å². The summed E-state index contributed by atoms with van der Waals surface area (Å²) < 4.78 is 6.74. The van der Waals surface area contributed by atoms with Crippen LogP contribution < -0.4 is 10.5 Å². The van der Waals surface area contributed by atoms with Gasteiger partial charge in [-0.1, -0.05) is 6.07 Å². The molecule has 0 aliphatic rings. The summed E-state index contributed by atoms with van der Waals surface area (Å²) in [5.74, 6) is 0.853. The number of aryl methyl sites for hydroxylation is 1. The molecule has 0 unspecified atom stereocenters. The zero-order valence-electron chi connectivity index (χ0n) is 11.0. The van der Waals surface area contributed by atoms with E-state index in [2.05, 4.69) is 20.9 Å². The summed E-state index contributed by atoms with van der Waals surface area (Å²) in [7, 11) is 0. The van der Waals surface area contributed by atoms with Crippen molar-refractivity contribution in [3.63, 3.8) is 0 Å². The van der Waals surface area contributed by atoms with E-state index in [4.69, 9.17) is 10.5 Å². The number of benzene rings is 1. The van der Waals surface area contributed by atoms with Crippen molar-refractivity contribution in [1.29, 1.82) is 0 Å². The zero-order chi connectivity index (χ0) is 13.8. The monoisotopic (exact) mass is 340 g/mol. The van der Waals surface area contributed by atoms with E-state index in [0.717, 1.165) is 27.9 Å². The Kier molecular flexibility index (Phi) is 4.96. The minimum Gasteiger partial charge on any atom is -0.492 e. The third-order valence-electron chi connectivity index (χ3n) is 2.91. The SMILES string of the molecule is Cc1ncsc1CCOc1ccc([C@H](C)N)cc1Br. The molecule has 19 heavy (non-hydrogen) atoms. The van der Waals surface area contributed by atoms with Crippen LogP contribution >= 0.6 is 27.3 Å². The number of halogens is 1. The molecule has 1 heterocycles. The number of ether oxygens (including phenoxy) is 1. The first-order chi connectivity index (χ1) is 9.08. The van der Waals surface area contributed by atoms with E-state index < -0.39 is 0 Å². The number of nitrogens with two attached hydrogens (primary N) is 1. The van der Waals surface area contributed by atoms with Crippen LogP contribution in [0.25, 0.3) is 0 Å². The highest BCUT2D eigenvalue weighted by molar-refractivity contribution is 9.10. The second kappa shape index (κ2) is 6.50. The predicted molar refractivity (Wildman–Crippen MR) is 82.8 cm³/mol. The van der Waals surface area contributed by atoms with Gasteiger partial charge >= 0.3 is 0 Å². The predicted octanol–water partition coefficient (Wildman–Crippen LogP) is 3.86. The van der Waals surface area contributed by atoms with Gasteiger partial charge in [-0.15, -0.1) is 11.3 Å². The third kappa shape index (κ3) is 3.78. The lowest BCUT2D eigenvalue weighted by molar-refractivity contribution is 0.320. The number of aromatic nitrogens is 1. The lowest BCUT2D eigenvalue weighted by Crippen LogP contribution is -2.06. The maximum atomic E-state index is 5.85. The first-order valence-corrected chi connectivity index (χ1v) is 7.82. The van der Waals surface area contributed by atoms with Gasteiger partial charge in [-0.3, -0.25) is 0 Å². The maximum Gasteiger partial charge on any atom is 0.133 e. The van der Waals surface area contributed by atoms with Crippen molar-refractivity contribution in [3.8, 4) is 5.75 Å². The molecule has 0 saturated carbocycles. The Morgan fingerprint density at radius 1 is 1.47 bits per heavy atom. The van der Waals surface area contributed by atoms with E-state index in [0.29, 0.717) is 6.61 Å². The fourth-order valence-electron chi connectivity index (χ4n) is 1.74. The van der Waals surface area contributed by atoms with Crippen molar-refractivity contribution in [2.45, 2.75) is 26.3 Å². The normalized spacial score (nSPS) is 12.4. The van der Waals surface area contributed by atoms with Gasteiger partial charge in [0.1, 0.15) is 5.75 Å². The Morgan fingerprint density at radius 3 is 2.84 bits per heavy atom. The molecule has 0 fully saturated rings. The van der Waals surface area contributed by atoms with Crippen LogP contribution in [0, 0.1) is 6.92 Å². The Balaban J connectivity index is 1.95. The molecule has 0 spiro atoms. The molecular weight excluding hydrogens is 324 g/mol. The molecule has 0 bridgehead atoms. The van der Waals surface area contributed by atoms with Crippen molar-refractivity contribution < 1.29 is 4.74 Å². The van der Waals surface area contributed by atoms with Crippen molar-refractivity contribution in [2.75, 3.05) is 6.61 Å². The minimum atomic E-state index is 0.0326. The van der Waals surface area contributed by atoms with E-state index in [1.54, 1.807) is 11.3 Å². The van der Waals surface area contributed by atoms with Crippen LogP contribution in [0.1, 0.15) is 29.1 Å². The van der Waals surface area contributed by atoms with Gasteiger partial charge in [0.2, 0.25) is 0 Å². The standard InChI is InChI=1S/C14H17BrN2OS/c1-9(16)11-3-4-13(12(15)7-11)18-6-5-14-10(2)17-8-19-14/h3-4,7-9H,5-6,16H2,1-2H3/t9-/m0/s1. The fraction of sp³-hybridized carbons (Fsp3) is 0.357.